The van der Waals surface area contributed by atoms with E-state index in [2.05, 4.69) is 11.9 Å². The largest absolute Gasteiger partial charge is 0.458 e. The molecular formula is C16H20ClNO2. The summed E-state index contributed by atoms with van der Waals surface area (Å²) in [4.78, 5) is 14.6. The third-order valence-electron chi connectivity index (χ3n) is 4.82. The molecular weight excluding hydrogens is 274 g/mol. The number of nitrogens with zero attached hydrogens (tertiary/aromatic N) is 1. The fraction of sp³-hybridized carbons (Fsp3) is 0.562. The van der Waals surface area contributed by atoms with Gasteiger partial charge in [-0.2, -0.15) is 0 Å². The molecule has 2 saturated heterocycles. The topological polar surface area (TPSA) is 29.5 Å². The molecule has 2 aliphatic heterocycles. The number of benzene rings is 1. The summed E-state index contributed by atoms with van der Waals surface area (Å²) in [5.41, 5.74) is 0.618. The zero-order chi connectivity index (χ0) is 14.1. The van der Waals surface area contributed by atoms with E-state index >= 15 is 0 Å². The number of ether oxygens (including phenoxy) is 1. The lowest BCUT2D eigenvalue weighted by atomic mass is 9.89. The highest BCUT2D eigenvalue weighted by Crippen LogP contribution is 2.40. The van der Waals surface area contributed by atoms with Gasteiger partial charge < -0.3 is 4.74 Å². The fourth-order valence-electron chi connectivity index (χ4n) is 3.65. The molecule has 3 nitrogen and oxygen atoms in total. The van der Waals surface area contributed by atoms with E-state index < -0.39 is 0 Å². The van der Waals surface area contributed by atoms with Crippen molar-refractivity contribution in [3.63, 3.8) is 0 Å². The van der Waals surface area contributed by atoms with Gasteiger partial charge >= 0.3 is 5.97 Å². The van der Waals surface area contributed by atoms with Crippen molar-refractivity contribution in [1.29, 1.82) is 0 Å². The lowest BCUT2D eigenvalue weighted by molar-refractivity contribution is -0.0276. The molecule has 1 aromatic rings. The number of hydrogen-bond donors (Lipinski definition) is 0. The summed E-state index contributed by atoms with van der Waals surface area (Å²) in [6, 6.07) is 10.2. The Morgan fingerprint density at radius 2 is 2.10 bits per heavy atom. The quantitative estimate of drug-likeness (QED) is 0.634. The molecule has 0 N–H and O–H groups in total. The Labute approximate surface area is 124 Å². The maximum Gasteiger partial charge on any atom is 0.338 e. The first-order chi connectivity index (χ1) is 9.70. The van der Waals surface area contributed by atoms with Gasteiger partial charge in [0.1, 0.15) is 6.10 Å². The molecule has 108 valence electrons. The first kappa shape index (κ1) is 13.9. The van der Waals surface area contributed by atoms with Crippen LogP contribution in [0.15, 0.2) is 30.3 Å². The van der Waals surface area contributed by atoms with Crippen molar-refractivity contribution < 1.29 is 9.53 Å². The van der Waals surface area contributed by atoms with Gasteiger partial charge in [0.25, 0.3) is 0 Å². The second kappa shape index (κ2) is 5.74. The Bertz CT molecular complexity index is 479. The highest BCUT2D eigenvalue weighted by Gasteiger charge is 2.46. The van der Waals surface area contributed by atoms with Crippen molar-refractivity contribution in [2.24, 2.45) is 5.92 Å². The lowest BCUT2D eigenvalue weighted by Crippen LogP contribution is -2.51. The van der Waals surface area contributed by atoms with Gasteiger partial charge in [-0.3, -0.25) is 4.90 Å². The van der Waals surface area contributed by atoms with Gasteiger partial charge in [-0.1, -0.05) is 18.2 Å². The Morgan fingerprint density at radius 1 is 1.35 bits per heavy atom. The van der Waals surface area contributed by atoms with Crippen molar-refractivity contribution in [1.82, 2.24) is 4.90 Å². The summed E-state index contributed by atoms with van der Waals surface area (Å²) in [6.07, 6.45) is 3.21. The van der Waals surface area contributed by atoms with Crippen LogP contribution >= 0.6 is 11.6 Å². The van der Waals surface area contributed by atoms with Crippen molar-refractivity contribution in [2.75, 3.05) is 12.9 Å². The van der Waals surface area contributed by atoms with E-state index in [1.807, 2.05) is 18.2 Å². The van der Waals surface area contributed by atoms with Crippen LogP contribution in [0.5, 0.6) is 0 Å². The molecule has 0 spiro atoms. The standard InChI is InChI=1S/C16H20ClNO2/c1-18-12-7-8-14(18)13(10-17)15(9-12)20-16(19)11-5-3-2-4-6-11/h2-6,12-15H,7-10H2,1H3/t12-,13-,14?,15?/m1/s1. The van der Waals surface area contributed by atoms with Crippen LogP contribution in [0.3, 0.4) is 0 Å². The second-order valence-electron chi connectivity index (χ2n) is 5.83. The van der Waals surface area contributed by atoms with Crippen LogP contribution in [0.1, 0.15) is 29.6 Å². The highest BCUT2D eigenvalue weighted by atomic mass is 35.5. The van der Waals surface area contributed by atoms with Gasteiger partial charge in [-0.25, -0.2) is 4.79 Å². The van der Waals surface area contributed by atoms with Crippen LogP contribution in [0.25, 0.3) is 0 Å². The monoisotopic (exact) mass is 293 g/mol. The zero-order valence-electron chi connectivity index (χ0n) is 11.7. The van der Waals surface area contributed by atoms with Crippen LogP contribution in [0.4, 0.5) is 0 Å². The van der Waals surface area contributed by atoms with Crippen molar-refractivity contribution >= 4 is 17.6 Å². The summed E-state index contributed by atoms with van der Waals surface area (Å²) < 4.78 is 5.76. The summed E-state index contributed by atoms with van der Waals surface area (Å²) in [7, 11) is 2.16. The van der Waals surface area contributed by atoms with Crippen LogP contribution in [-0.4, -0.2) is 42.0 Å². The normalized spacial score (nSPS) is 33.1. The molecule has 2 bridgehead atoms. The Kier molecular flexibility index (Phi) is 3.99. The smallest absolute Gasteiger partial charge is 0.338 e. The number of alkyl halides is 1. The van der Waals surface area contributed by atoms with E-state index in [1.54, 1.807) is 12.1 Å². The average molecular weight is 294 g/mol. The van der Waals surface area contributed by atoms with Gasteiger partial charge in [0.2, 0.25) is 0 Å². The number of rotatable bonds is 3. The third kappa shape index (κ3) is 2.45. The minimum atomic E-state index is -0.227. The highest BCUT2D eigenvalue weighted by molar-refractivity contribution is 6.18. The fourth-order valence-corrected chi connectivity index (χ4v) is 4.05. The number of fused-ring (bicyclic) bond motifs is 2. The van der Waals surface area contributed by atoms with E-state index in [1.165, 1.54) is 6.42 Å². The minimum absolute atomic E-state index is 0.0473. The Balaban J connectivity index is 1.72. The zero-order valence-corrected chi connectivity index (χ0v) is 12.4. The molecule has 20 heavy (non-hydrogen) atoms. The number of esters is 1. The molecule has 1 aromatic carbocycles. The molecule has 4 atom stereocenters. The van der Waals surface area contributed by atoms with E-state index in [0.29, 0.717) is 23.5 Å². The van der Waals surface area contributed by atoms with Crippen LogP contribution in [0.2, 0.25) is 0 Å². The average Bonchev–Trinajstić information content (AvgIpc) is 2.73. The molecule has 2 unspecified atom stereocenters. The Hall–Kier alpha value is -1.06. The third-order valence-corrected chi connectivity index (χ3v) is 5.17. The number of hydrogen-bond acceptors (Lipinski definition) is 3. The van der Waals surface area contributed by atoms with Gasteiger partial charge in [-0.15, -0.1) is 11.6 Å². The first-order valence-corrected chi connectivity index (χ1v) is 7.78. The number of carbonyl (C=O) groups is 1. The van der Waals surface area contributed by atoms with Crippen molar-refractivity contribution in [2.45, 2.75) is 37.5 Å². The summed E-state index contributed by atoms with van der Waals surface area (Å²) in [5.74, 6) is 0.566. The molecule has 0 radical (unpaired) electrons. The van der Waals surface area contributed by atoms with E-state index in [-0.39, 0.29) is 18.0 Å². The number of halogens is 1. The second-order valence-corrected chi connectivity index (χ2v) is 6.14. The SMILES string of the molecule is CN1C2CC[C@@H]1CC(OC(=O)c1ccccc1)[C@@H]2CCl. The number of carbonyl (C=O) groups excluding carboxylic acids is 1. The maximum atomic E-state index is 12.2. The Morgan fingerprint density at radius 3 is 2.80 bits per heavy atom. The molecule has 2 fully saturated rings. The van der Waals surface area contributed by atoms with Gasteiger partial charge in [-0.05, 0) is 32.0 Å². The van der Waals surface area contributed by atoms with Gasteiger partial charge in [0, 0.05) is 30.3 Å². The molecule has 2 aliphatic rings. The molecule has 4 heteroatoms. The molecule has 2 heterocycles. The molecule has 3 rings (SSSR count). The van der Waals surface area contributed by atoms with Crippen molar-refractivity contribution in [3.05, 3.63) is 35.9 Å². The van der Waals surface area contributed by atoms with Gasteiger partial charge in [0.05, 0.1) is 5.56 Å². The summed E-state index contributed by atoms with van der Waals surface area (Å²) in [5, 5.41) is 0. The molecule has 0 saturated carbocycles. The predicted octanol–water partition coefficient (Wildman–Crippen LogP) is 2.93. The summed E-state index contributed by atoms with van der Waals surface area (Å²) >= 11 is 6.14. The summed E-state index contributed by atoms with van der Waals surface area (Å²) in [6.45, 7) is 0. The van der Waals surface area contributed by atoms with Gasteiger partial charge in [0.15, 0.2) is 0 Å². The van der Waals surface area contributed by atoms with E-state index in [9.17, 15) is 4.79 Å². The van der Waals surface area contributed by atoms with Crippen molar-refractivity contribution in [3.8, 4) is 0 Å². The van der Waals surface area contributed by atoms with E-state index in [0.717, 1.165) is 12.8 Å². The molecule has 0 amide bonds. The molecule has 0 aromatic heterocycles. The molecule has 0 aliphatic carbocycles. The van der Waals surface area contributed by atoms with Crippen LogP contribution < -0.4 is 0 Å². The predicted molar refractivity (Wildman–Crippen MR) is 79.0 cm³/mol. The first-order valence-electron chi connectivity index (χ1n) is 7.24. The van der Waals surface area contributed by atoms with Crippen LogP contribution in [0, 0.1) is 5.92 Å². The number of piperidine rings is 1. The van der Waals surface area contributed by atoms with E-state index in [4.69, 9.17) is 16.3 Å². The maximum absolute atomic E-state index is 12.2. The van der Waals surface area contributed by atoms with Crippen LogP contribution in [-0.2, 0) is 4.74 Å². The lowest BCUT2D eigenvalue weighted by Gasteiger charge is -2.41. The minimum Gasteiger partial charge on any atom is -0.458 e.